The second-order valence-corrected chi connectivity index (χ2v) is 18.4. The number of fused-ring (bicyclic) bond motifs is 1. The molecule has 220 valence electrons. The van der Waals surface area contributed by atoms with Gasteiger partial charge in [0.05, 0.1) is 10.8 Å². The number of hydrogen-bond acceptors (Lipinski definition) is 1. The molecule has 2 nitrogen and oxygen atoms in total. The van der Waals surface area contributed by atoms with Crippen molar-refractivity contribution in [2.24, 2.45) is 0 Å². The molecule has 0 amide bonds. The molecular weight excluding hydrogens is 549 g/mol. The molecule has 1 aliphatic carbocycles. The summed E-state index contributed by atoms with van der Waals surface area (Å²) in [7, 11) is -0.00419. The SMILES string of the molecule is CN([C@H](c1ccc2c(c1)C(C)(C)CCC2(C)C)c1ccccc1P(c1ccccc1)c1ccccc1)[S@](=O)C(C)(C)C. The molecule has 0 radical (unpaired) electrons. The fourth-order valence-electron chi connectivity index (χ4n) is 6.39. The van der Waals surface area contributed by atoms with E-state index in [4.69, 9.17) is 0 Å². The molecule has 0 spiro atoms. The average Bonchev–Trinajstić information content (AvgIpc) is 2.97. The fraction of sp³-hybridized carbons (Fsp3) is 0.368. The average molecular weight is 596 g/mol. The third-order valence-corrected chi connectivity index (χ3v) is 13.1. The van der Waals surface area contributed by atoms with Crippen LogP contribution in [0.5, 0.6) is 0 Å². The van der Waals surface area contributed by atoms with Crippen LogP contribution in [-0.2, 0) is 21.8 Å². The Hall–Kier alpha value is -2.58. The predicted octanol–water partition coefficient (Wildman–Crippen LogP) is 8.28. The third kappa shape index (κ3) is 6.07. The lowest BCUT2D eigenvalue weighted by atomic mass is 9.63. The van der Waals surface area contributed by atoms with Crippen molar-refractivity contribution in [1.29, 1.82) is 0 Å². The van der Waals surface area contributed by atoms with Crippen molar-refractivity contribution in [1.82, 2.24) is 4.31 Å². The van der Waals surface area contributed by atoms with Crippen molar-refractivity contribution < 1.29 is 4.21 Å². The van der Waals surface area contributed by atoms with Gasteiger partial charge in [0.25, 0.3) is 0 Å². The Balaban J connectivity index is 1.76. The van der Waals surface area contributed by atoms with Gasteiger partial charge in [0.15, 0.2) is 0 Å². The molecule has 0 bridgehead atoms. The minimum atomic E-state index is -1.22. The molecule has 0 aliphatic heterocycles. The van der Waals surface area contributed by atoms with Gasteiger partial charge in [-0.15, -0.1) is 0 Å². The maximum Gasteiger partial charge on any atom is 0.100 e. The van der Waals surface area contributed by atoms with Crippen LogP contribution in [0.2, 0.25) is 0 Å². The highest BCUT2D eigenvalue weighted by Crippen LogP contribution is 2.47. The zero-order chi connectivity index (χ0) is 30.3. The van der Waals surface area contributed by atoms with E-state index in [9.17, 15) is 4.21 Å². The first-order valence-corrected chi connectivity index (χ1v) is 17.5. The van der Waals surface area contributed by atoms with E-state index < -0.39 is 18.9 Å². The Labute approximate surface area is 257 Å². The van der Waals surface area contributed by atoms with Crippen molar-refractivity contribution in [3.63, 3.8) is 0 Å². The Morgan fingerprint density at radius 1 is 0.714 bits per heavy atom. The summed E-state index contributed by atoms with van der Waals surface area (Å²) in [4.78, 5) is 0. The molecule has 0 fully saturated rings. The van der Waals surface area contributed by atoms with Gasteiger partial charge in [-0.2, -0.15) is 0 Å². The van der Waals surface area contributed by atoms with Crippen LogP contribution < -0.4 is 15.9 Å². The summed E-state index contributed by atoms with van der Waals surface area (Å²) in [6, 6.07) is 37.6. The maximum absolute atomic E-state index is 14.1. The van der Waals surface area contributed by atoms with E-state index in [0.717, 1.165) is 6.42 Å². The van der Waals surface area contributed by atoms with Gasteiger partial charge in [0.1, 0.15) is 11.0 Å². The van der Waals surface area contributed by atoms with Crippen LogP contribution >= 0.6 is 7.92 Å². The smallest absolute Gasteiger partial charge is 0.100 e. The molecule has 4 aromatic rings. The normalized spacial score (nSPS) is 17.6. The predicted molar refractivity (Wildman–Crippen MR) is 184 cm³/mol. The summed E-state index contributed by atoms with van der Waals surface area (Å²) in [6.45, 7) is 15.7. The Kier molecular flexibility index (Phi) is 8.70. The molecule has 4 aromatic carbocycles. The minimum Gasteiger partial charge on any atom is -0.242 e. The van der Waals surface area contributed by atoms with Gasteiger partial charge in [-0.25, -0.2) is 8.51 Å². The van der Waals surface area contributed by atoms with Crippen molar-refractivity contribution in [2.45, 2.75) is 82.9 Å². The summed E-state index contributed by atoms with van der Waals surface area (Å²) in [5.41, 5.74) is 5.55. The lowest BCUT2D eigenvalue weighted by Gasteiger charge is -2.43. The van der Waals surface area contributed by atoms with E-state index in [1.807, 2.05) is 7.05 Å². The quantitative estimate of drug-likeness (QED) is 0.197. The highest BCUT2D eigenvalue weighted by atomic mass is 32.2. The summed E-state index contributed by atoms with van der Waals surface area (Å²) in [5.74, 6) is 0. The van der Waals surface area contributed by atoms with Crippen LogP contribution in [0, 0.1) is 0 Å². The summed E-state index contributed by atoms with van der Waals surface area (Å²) in [6.07, 6.45) is 2.35. The maximum atomic E-state index is 14.1. The van der Waals surface area contributed by atoms with Crippen molar-refractivity contribution in [3.8, 4) is 0 Å². The van der Waals surface area contributed by atoms with Crippen LogP contribution in [0.3, 0.4) is 0 Å². The zero-order valence-corrected chi connectivity index (χ0v) is 28.2. The second kappa shape index (κ2) is 11.8. The highest BCUT2D eigenvalue weighted by Gasteiger charge is 2.39. The molecule has 5 rings (SSSR count). The number of hydrogen-bond donors (Lipinski definition) is 0. The van der Waals surface area contributed by atoms with E-state index in [1.54, 1.807) is 0 Å². The molecule has 0 saturated heterocycles. The van der Waals surface area contributed by atoms with Crippen LogP contribution in [0.25, 0.3) is 0 Å². The minimum absolute atomic E-state index is 0.0907. The zero-order valence-electron chi connectivity index (χ0n) is 26.5. The summed E-state index contributed by atoms with van der Waals surface area (Å²) < 4.78 is 15.9. The molecule has 0 aromatic heterocycles. The Morgan fingerprint density at radius 3 is 1.76 bits per heavy atom. The van der Waals surface area contributed by atoms with Crippen LogP contribution in [0.15, 0.2) is 103 Å². The highest BCUT2D eigenvalue weighted by molar-refractivity contribution is 7.84. The molecule has 0 N–H and O–H groups in total. The summed E-state index contributed by atoms with van der Waals surface area (Å²) >= 11 is 0. The number of nitrogens with zero attached hydrogens (tertiary/aromatic N) is 1. The second-order valence-electron chi connectivity index (χ2n) is 13.9. The van der Waals surface area contributed by atoms with Gasteiger partial charge < -0.3 is 0 Å². The lowest BCUT2D eigenvalue weighted by Crippen LogP contribution is -2.40. The van der Waals surface area contributed by atoms with Gasteiger partial charge in [-0.3, -0.25) is 0 Å². The first-order chi connectivity index (χ1) is 19.8. The third-order valence-electron chi connectivity index (χ3n) is 8.84. The molecule has 1 aliphatic rings. The van der Waals surface area contributed by atoms with Gasteiger partial charge >= 0.3 is 0 Å². The Morgan fingerprint density at radius 2 is 1.21 bits per heavy atom. The van der Waals surface area contributed by atoms with Gasteiger partial charge in [0, 0.05) is 7.05 Å². The molecule has 0 heterocycles. The van der Waals surface area contributed by atoms with E-state index in [1.165, 1.54) is 44.6 Å². The molecular formula is C38H46NOPS. The molecule has 0 saturated carbocycles. The molecule has 0 unspecified atom stereocenters. The van der Waals surface area contributed by atoms with Crippen LogP contribution in [-0.4, -0.2) is 20.3 Å². The number of rotatable bonds is 7. The molecule has 42 heavy (non-hydrogen) atoms. The lowest BCUT2D eigenvalue weighted by molar-refractivity contribution is 0.330. The van der Waals surface area contributed by atoms with E-state index in [2.05, 4.69) is 156 Å². The standard InChI is InChI=1S/C38H46NOPS/c1-36(2,3)42(40)39(8)35(28-23-24-32-33(27-28)38(6,7)26-25-37(32,4)5)31-21-15-16-22-34(31)41(29-17-11-9-12-18-29)30-19-13-10-14-20-30/h9-24,27,35H,25-26H2,1-8H3/t35-,42-/m1/s1. The Bertz CT molecular complexity index is 1520. The van der Waals surface area contributed by atoms with Gasteiger partial charge in [-0.05, 0) is 90.5 Å². The van der Waals surface area contributed by atoms with Crippen molar-refractivity contribution in [2.75, 3.05) is 7.05 Å². The first-order valence-electron chi connectivity index (χ1n) is 15.1. The summed E-state index contributed by atoms with van der Waals surface area (Å²) in [5, 5.41) is 3.95. The molecule has 4 heteroatoms. The van der Waals surface area contributed by atoms with E-state index >= 15 is 0 Å². The van der Waals surface area contributed by atoms with Crippen LogP contribution in [0.1, 0.15) is 89.6 Å². The van der Waals surface area contributed by atoms with Crippen molar-refractivity contribution in [3.05, 3.63) is 125 Å². The van der Waals surface area contributed by atoms with Crippen molar-refractivity contribution >= 4 is 34.8 Å². The first kappa shape index (κ1) is 30.9. The van der Waals surface area contributed by atoms with Crippen LogP contribution in [0.4, 0.5) is 0 Å². The van der Waals surface area contributed by atoms with E-state index in [0.29, 0.717) is 0 Å². The number of benzene rings is 4. The van der Waals surface area contributed by atoms with E-state index in [-0.39, 0.29) is 21.6 Å². The largest absolute Gasteiger partial charge is 0.242 e. The fourth-order valence-corrected chi connectivity index (χ4v) is 10.2. The topological polar surface area (TPSA) is 20.3 Å². The monoisotopic (exact) mass is 595 g/mol. The van der Waals surface area contributed by atoms with Gasteiger partial charge in [-0.1, -0.05) is 131 Å². The van der Waals surface area contributed by atoms with Gasteiger partial charge in [0.2, 0.25) is 0 Å². The molecule has 2 atom stereocenters.